The first-order valence-electron chi connectivity index (χ1n) is 4.74. The lowest BCUT2D eigenvalue weighted by Gasteiger charge is -2.11. The van der Waals surface area contributed by atoms with Gasteiger partial charge < -0.3 is 4.74 Å². The number of carbonyl (C=O) groups excluding carboxylic acids is 1. The largest absolute Gasteiger partial charge is 0.462 e. The number of hydrogen-bond acceptors (Lipinski definition) is 4. The van der Waals surface area contributed by atoms with Crippen LogP contribution in [0.3, 0.4) is 0 Å². The molecule has 1 aromatic carbocycles. The maximum Gasteiger partial charge on any atom is 0.338 e. The maximum absolute atomic E-state index is 12.9. The summed E-state index contributed by atoms with van der Waals surface area (Å²) in [5.74, 6) is -0.868. The van der Waals surface area contributed by atoms with Crippen molar-refractivity contribution >= 4 is 18.6 Å². The van der Waals surface area contributed by atoms with Crippen molar-refractivity contribution in [2.24, 2.45) is 0 Å². The van der Waals surface area contributed by atoms with Gasteiger partial charge in [0.1, 0.15) is 6.07 Å². The summed E-state index contributed by atoms with van der Waals surface area (Å²) in [5, 5.41) is 8.80. The van der Waals surface area contributed by atoms with Crippen LogP contribution in [-0.2, 0) is 4.74 Å². The fourth-order valence-corrected chi connectivity index (χ4v) is 1.58. The molecule has 0 radical (unpaired) electrons. The number of nitriles is 1. The molecule has 17 heavy (non-hydrogen) atoms. The second kappa shape index (κ2) is 5.64. The van der Waals surface area contributed by atoms with Crippen LogP contribution in [0.15, 0.2) is 17.0 Å². The van der Waals surface area contributed by atoms with Crippen LogP contribution in [-0.4, -0.2) is 12.6 Å². The molecule has 0 amide bonds. The molecule has 0 aliphatic carbocycles. The van der Waals surface area contributed by atoms with Crippen molar-refractivity contribution in [3.05, 3.63) is 28.8 Å². The summed E-state index contributed by atoms with van der Waals surface area (Å²) < 4.78 is 30.4. The highest BCUT2D eigenvalue weighted by atomic mass is 32.1. The van der Waals surface area contributed by atoms with Crippen molar-refractivity contribution in [1.82, 2.24) is 0 Å². The van der Waals surface area contributed by atoms with Crippen molar-refractivity contribution in [3.63, 3.8) is 0 Å². The summed E-state index contributed by atoms with van der Waals surface area (Å²) in [5.41, 5.74) is -1.22. The molecule has 6 heteroatoms. The van der Waals surface area contributed by atoms with Crippen LogP contribution in [0.2, 0.25) is 0 Å². The molecule has 1 rings (SSSR count). The van der Waals surface area contributed by atoms with E-state index in [1.54, 1.807) is 13.0 Å². The van der Waals surface area contributed by atoms with Crippen molar-refractivity contribution in [3.8, 4) is 6.07 Å². The van der Waals surface area contributed by atoms with Gasteiger partial charge in [-0.1, -0.05) is 0 Å². The average molecular weight is 257 g/mol. The van der Waals surface area contributed by atoms with Crippen LogP contribution in [0.25, 0.3) is 0 Å². The lowest BCUT2D eigenvalue weighted by molar-refractivity contribution is 0.0515. The summed E-state index contributed by atoms with van der Waals surface area (Å²) in [7, 11) is 0. The Balaban J connectivity index is 3.42. The third-order valence-electron chi connectivity index (χ3n) is 2.05. The molecule has 0 aliphatic heterocycles. The molecule has 0 atom stereocenters. The van der Waals surface area contributed by atoms with Gasteiger partial charge in [0.25, 0.3) is 6.43 Å². The maximum atomic E-state index is 12.9. The number of ether oxygens (including phenoxy) is 1. The molecule has 0 spiro atoms. The zero-order valence-corrected chi connectivity index (χ0v) is 9.80. The molecular formula is C11H9F2NO2S. The van der Waals surface area contributed by atoms with Crippen LogP contribution in [0.4, 0.5) is 8.78 Å². The Bertz CT molecular complexity index is 483. The third-order valence-corrected chi connectivity index (χ3v) is 2.42. The molecule has 0 aromatic heterocycles. The number of alkyl halides is 2. The summed E-state index contributed by atoms with van der Waals surface area (Å²) in [6, 6.07) is 4.12. The summed E-state index contributed by atoms with van der Waals surface area (Å²) in [4.78, 5) is 11.6. The third kappa shape index (κ3) is 2.74. The lowest BCUT2D eigenvalue weighted by atomic mass is 10.0. The number of halogens is 2. The smallest absolute Gasteiger partial charge is 0.338 e. The topological polar surface area (TPSA) is 50.1 Å². The Hall–Kier alpha value is -1.61. The summed E-state index contributed by atoms with van der Waals surface area (Å²) in [6.07, 6.45) is -2.93. The van der Waals surface area contributed by atoms with E-state index in [-0.39, 0.29) is 22.6 Å². The second-order valence-corrected chi connectivity index (χ2v) is 3.54. The van der Waals surface area contributed by atoms with Crippen LogP contribution in [0.1, 0.15) is 34.8 Å². The van der Waals surface area contributed by atoms with Crippen LogP contribution in [0, 0.1) is 11.3 Å². The van der Waals surface area contributed by atoms with Gasteiger partial charge in [-0.2, -0.15) is 5.26 Å². The van der Waals surface area contributed by atoms with Gasteiger partial charge in [-0.05, 0) is 19.1 Å². The first-order valence-corrected chi connectivity index (χ1v) is 5.18. The first kappa shape index (κ1) is 13.5. The zero-order valence-electron chi connectivity index (χ0n) is 8.91. The van der Waals surface area contributed by atoms with Crippen molar-refractivity contribution < 1.29 is 18.3 Å². The molecule has 0 saturated heterocycles. The minimum absolute atomic E-state index is 0.0754. The molecule has 0 fully saturated rings. The molecule has 0 saturated carbocycles. The lowest BCUT2D eigenvalue weighted by Crippen LogP contribution is -2.10. The monoisotopic (exact) mass is 257 g/mol. The number of benzene rings is 1. The predicted octanol–water partition coefficient (Wildman–Crippen LogP) is 2.96. The van der Waals surface area contributed by atoms with Gasteiger partial charge in [-0.25, -0.2) is 13.6 Å². The molecule has 0 bridgehead atoms. The van der Waals surface area contributed by atoms with Gasteiger partial charge in [0, 0.05) is 4.90 Å². The van der Waals surface area contributed by atoms with Crippen molar-refractivity contribution in [2.45, 2.75) is 18.2 Å². The Morgan fingerprint density at radius 3 is 2.71 bits per heavy atom. The molecular weight excluding hydrogens is 248 g/mol. The fraction of sp³-hybridized carbons (Fsp3) is 0.273. The standard InChI is InChI=1S/C11H9F2NO2S/c1-2-16-11(15)6-3-4-8(17)7(5-14)9(6)10(12)13/h3-4,10,17H,2H2,1H3. The second-order valence-electron chi connectivity index (χ2n) is 3.05. The van der Waals surface area contributed by atoms with Gasteiger partial charge in [0.15, 0.2) is 0 Å². The number of rotatable bonds is 3. The van der Waals surface area contributed by atoms with E-state index in [9.17, 15) is 13.6 Å². The molecule has 0 heterocycles. The molecule has 0 unspecified atom stereocenters. The Kier molecular flexibility index (Phi) is 4.46. The summed E-state index contributed by atoms with van der Waals surface area (Å²) >= 11 is 3.90. The number of carbonyl (C=O) groups is 1. The average Bonchev–Trinajstić information content (AvgIpc) is 2.28. The molecule has 3 nitrogen and oxygen atoms in total. The van der Waals surface area contributed by atoms with E-state index >= 15 is 0 Å². The first-order chi connectivity index (χ1) is 8.02. The number of hydrogen-bond donors (Lipinski definition) is 1. The van der Waals surface area contributed by atoms with Gasteiger partial charge in [-0.15, -0.1) is 12.6 Å². The van der Waals surface area contributed by atoms with E-state index in [4.69, 9.17) is 5.26 Å². The van der Waals surface area contributed by atoms with E-state index in [1.807, 2.05) is 0 Å². The highest BCUT2D eigenvalue weighted by molar-refractivity contribution is 7.80. The SMILES string of the molecule is CCOC(=O)c1ccc(S)c(C#N)c1C(F)F. The Morgan fingerprint density at radius 1 is 1.59 bits per heavy atom. The van der Waals surface area contributed by atoms with Crippen molar-refractivity contribution in [1.29, 1.82) is 5.26 Å². The minimum Gasteiger partial charge on any atom is -0.462 e. The van der Waals surface area contributed by atoms with E-state index in [0.29, 0.717) is 0 Å². The van der Waals surface area contributed by atoms with Gasteiger partial charge >= 0.3 is 5.97 Å². The van der Waals surface area contributed by atoms with Gasteiger partial charge in [0.05, 0.1) is 23.3 Å². The fourth-order valence-electron chi connectivity index (χ4n) is 1.34. The highest BCUT2D eigenvalue weighted by Gasteiger charge is 2.24. The zero-order chi connectivity index (χ0) is 13.0. The number of esters is 1. The van der Waals surface area contributed by atoms with Crippen molar-refractivity contribution in [2.75, 3.05) is 6.61 Å². The van der Waals surface area contributed by atoms with E-state index in [0.717, 1.165) is 0 Å². The summed E-state index contributed by atoms with van der Waals surface area (Å²) in [6.45, 7) is 1.64. The molecule has 90 valence electrons. The minimum atomic E-state index is -2.93. The normalized spacial score (nSPS) is 10.1. The van der Waals surface area contributed by atoms with E-state index < -0.39 is 18.0 Å². The highest BCUT2D eigenvalue weighted by Crippen LogP contribution is 2.30. The van der Waals surface area contributed by atoms with Crippen LogP contribution in [0.5, 0.6) is 0 Å². The number of thiol groups is 1. The number of nitrogens with zero attached hydrogens (tertiary/aromatic N) is 1. The molecule has 0 aliphatic rings. The molecule has 0 N–H and O–H groups in total. The van der Waals surface area contributed by atoms with Crippen LogP contribution >= 0.6 is 12.6 Å². The Labute approximate surface area is 102 Å². The van der Waals surface area contributed by atoms with E-state index in [2.05, 4.69) is 17.4 Å². The van der Waals surface area contributed by atoms with E-state index in [1.165, 1.54) is 12.1 Å². The predicted molar refractivity (Wildman–Crippen MR) is 59.3 cm³/mol. The quantitative estimate of drug-likeness (QED) is 0.669. The van der Waals surface area contributed by atoms with Gasteiger partial charge in [0.2, 0.25) is 0 Å². The van der Waals surface area contributed by atoms with Crippen LogP contribution < -0.4 is 0 Å². The van der Waals surface area contributed by atoms with Gasteiger partial charge in [-0.3, -0.25) is 0 Å². The molecule has 1 aromatic rings. The Morgan fingerprint density at radius 2 is 2.24 bits per heavy atom.